The Morgan fingerprint density at radius 1 is 1.08 bits per heavy atom. The van der Waals surface area contributed by atoms with Gasteiger partial charge >= 0.3 is 0 Å². The summed E-state index contributed by atoms with van der Waals surface area (Å²) in [5, 5.41) is 14.1. The number of benzene rings is 2. The number of methoxy groups -OCH3 is 2. The number of ether oxygens (including phenoxy) is 2. The van der Waals surface area contributed by atoms with E-state index < -0.39 is 6.04 Å². The van der Waals surface area contributed by atoms with Crippen LogP contribution in [0.4, 0.5) is 5.69 Å². The summed E-state index contributed by atoms with van der Waals surface area (Å²) in [4.78, 5) is 21.1. The Kier molecular flexibility index (Phi) is 7.40. The van der Waals surface area contributed by atoms with E-state index in [1.807, 2.05) is 42.5 Å². The number of piperazine rings is 1. The van der Waals surface area contributed by atoms with E-state index in [1.165, 1.54) is 5.56 Å². The molecule has 1 N–H and O–H groups in total. The molecule has 2 aromatic heterocycles. The summed E-state index contributed by atoms with van der Waals surface area (Å²) in [5.41, 5.74) is 3.44. The molecule has 37 heavy (non-hydrogen) atoms. The summed E-state index contributed by atoms with van der Waals surface area (Å²) in [7, 11) is 3.24. The average Bonchev–Trinajstić information content (AvgIpc) is 3.37. The van der Waals surface area contributed by atoms with Crippen molar-refractivity contribution in [1.29, 1.82) is 0 Å². The Balaban J connectivity index is 1.52. The highest BCUT2D eigenvalue weighted by Crippen LogP contribution is 2.31. The average molecular weight is 524 g/mol. The second-order valence-electron chi connectivity index (χ2n) is 9.12. The number of pyridine rings is 1. The molecule has 1 aliphatic heterocycles. The van der Waals surface area contributed by atoms with E-state index in [0.29, 0.717) is 48.9 Å². The third-order valence-corrected chi connectivity index (χ3v) is 7.11. The number of nitrogens with zero attached hydrogens (tertiary/aromatic N) is 6. The molecular weight excluding hydrogens is 494 g/mol. The topological polar surface area (TPSA) is 101 Å². The number of rotatable bonds is 8. The van der Waals surface area contributed by atoms with Crippen molar-refractivity contribution in [3.05, 3.63) is 74.8 Å². The number of tetrazole rings is 1. The van der Waals surface area contributed by atoms with Gasteiger partial charge in [0.2, 0.25) is 0 Å². The molecule has 10 nitrogen and oxygen atoms in total. The Morgan fingerprint density at radius 3 is 2.65 bits per heavy atom. The van der Waals surface area contributed by atoms with Crippen LogP contribution in [0.1, 0.15) is 23.0 Å². The molecule has 0 amide bonds. The highest BCUT2D eigenvalue weighted by atomic mass is 35.5. The number of halogens is 1. The molecule has 1 fully saturated rings. The third-order valence-electron chi connectivity index (χ3n) is 6.88. The van der Waals surface area contributed by atoms with E-state index in [0.717, 1.165) is 29.2 Å². The van der Waals surface area contributed by atoms with E-state index >= 15 is 0 Å². The molecule has 0 spiro atoms. The molecule has 4 aromatic rings. The maximum absolute atomic E-state index is 13.5. The third kappa shape index (κ3) is 5.18. The van der Waals surface area contributed by atoms with Crippen LogP contribution in [0.15, 0.2) is 47.3 Å². The van der Waals surface area contributed by atoms with Crippen molar-refractivity contribution < 1.29 is 9.47 Å². The van der Waals surface area contributed by atoms with Crippen LogP contribution in [0.2, 0.25) is 5.02 Å². The first-order valence-electron chi connectivity index (χ1n) is 12.2. The zero-order valence-corrected chi connectivity index (χ0v) is 21.9. The summed E-state index contributed by atoms with van der Waals surface area (Å²) in [6, 6.07) is 13.1. The highest BCUT2D eigenvalue weighted by molar-refractivity contribution is 6.30. The first-order chi connectivity index (χ1) is 18.0. The van der Waals surface area contributed by atoms with Crippen LogP contribution in [0.5, 0.6) is 5.75 Å². The monoisotopic (exact) mass is 523 g/mol. The van der Waals surface area contributed by atoms with Gasteiger partial charge < -0.3 is 19.4 Å². The van der Waals surface area contributed by atoms with Crippen LogP contribution in [0.3, 0.4) is 0 Å². The van der Waals surface area contributed by atoms with Crippen LogP contribution < -0.4 is 15.2 Å². The van der Waals surface area contributed by atoms with E-state index in [4.69, 9.17) is 21.1 Å². The summed E-state index contributed by atoms with van der Waals surface area (Å²) in [6.45, 7) is 6.02. The SMILES string of the molecule is COCCn1nnnc1[C@H](c1cc2ccc(OC)cc2[nH]c1=O)N1CCN(c2cc(Cl)ccc2C)CC1. The van der Waals surface area contributed by atoms with Gasteiger partial charge in [-0.3, -0.25) is 9.69 Å². The zero-order valence-electron chi connectivity index (χ0n) is 21.1. The lowest BCUT2D eigenvalue weighted by Crippen LogP contribution is -2.49. The van der Waals surface area contributed by atoms with Gasteiger partial charge in [-0.05, 0) is 58.6 Å². The van der Waals surface area contributed by atoms with Gasteiger partial charge in [0.1, 0.15) is 11.8 Å². The fourth-order valence-corrected chi connectivity index (χ4v) is 5.08. The summed E-state index contributed by atoms with van der Waals surface area (Å²) < 4.78 is 12.3. The van der Waals surface area contributed by atoms with Gasteiger partial charge in [-0.2, -0.15) is 0 Å². The van der Waals surface area contributed by atoms with Crippen molar-refractivity contribution in [2.45, 2.75) is 19.5 Å². The van der Waals surface area contributed by atoms with Gasteiger partial charge in [-0.25, -0.2) is 4.68 Å². The molecule has 5 rings (SSSR count). The number of aryl methyl sites for hydroxylation is 1. The van der Waals surface area contributed by atoms with Crippen molar-refractivity contribution >= 4 is 28.2 Å². The molecule has 0 bridgehead atoms. The van der Waals surface area contributed by atoms with E-state index in [1.54, 1.807) is 18.9 Å². The second kappa shape index (κ2) is 10.9. The van der Waals surface area contributed by atoms with Gasteiger partial charge in [-0.1, -0.05) is 17.7 Å². The normalized spacial score (nSPS) is 15.3. The van der Waals surface area contributed by atoms with Gasteiger partial charge in [0, 0.05) is 55.6 Å². The molecule has 0 aliphatic carbocycles. The molecule has 0 saturated carbocycles. The molecule has 3 heterocycles. The molecule has 1 aliphatic rings. The highest BCUT2D eigenvalue weighted by Gasteiger charge is 2.33. The number of H-pyrrole nitrogens is 1. The first-order valence-corrected chi connectivity index (χ1v) is 12.6. The molecule has 11 heteroatoms. The van der Waals surface area contributed by atoms with Crippen LogP contribution in [0.25, 0.3) is 10.9 Å². The fraction of sp³-hybridized carbons (Fsp3) is 0.385. The Morgan fingerprint density at radius 2 is 1.89 bits per heavy atom. The number of anilines is 1. The molecule has 194 valence electrons. The van der Waals surface area contributed by atoms with E-state index in [9.17, 15) is 4.79 Å². The first kappa shape index (κ1) is 25.2. The maximum Gasteiger partial charge on any atom is 0.253 e. The van der Waals surface area contributed by atoms with Crippen LogP contribution in [-0.2, 0) is 11.3 Å². The van der Waals surface area contributed by atoms with Gasteiger partial charge in [-0.15, -0.1) is 5.10 Å². The minimum Gasteiger partial charge on any atom is -0.497 e. The predicted octanol–water partition coefficient (Wildman–Crippen LogP) is 3.04. The number of fused-ring (bicyclic) bond motifs is 1. The lowest BCUT2D eigenvalue weighted by Gasteiger charge is -2.40. The second-order valence-corrected chi connectivity index (χ2v) is 9.55. The Bertz CT molecular complexity index is 1450. The van der Waals surface area contributed by atoms with Crippen LogP contribution in [0, 0.1) is 6.92 Å². The molecule has 1 atom stereocenters. The molecule has 2 aromatic carbocycles. The van der Waals surface area contributed by atoms with E-state index in [2.05, 4.69) is 37.2 Å². The van der Waals surface area contributed by atoms with E-state index in [-0.39, 0.29) is 5.56 Å². The minimum atomic E-state index is -0.426. The quantitative estimate of drug-likeness (QED) is 0.376. The van der Waals surface area contributed by atoms with Crippen molar-refractivity contribution in [1.82, 2.24) is 30.1 Å². The number of aromatic nitrogens is 5. The summed E-state index contributed by atoms with van der Waals surface area (Å²) in [6.07, 6.45) is 0. The van der Waals surface area contributed by atoms with Crippen molar-refractivity contribution in [2.75, 3.05) is 51.9 Å². The van der Waals surface area contributed by atoms with Crippen LogP contribution >= 0.6 is 11.6 Å². The molecular formula is C26H30ClN7O3. The summed E-state index contributed by atoms with van der Waals surface area (Å²) in [5.74, 6) is 1.30. The van der Waals surface area contributed by atoms with Gasteiger partial charge in [0.15, 0.2) is 5.82 Å². The number of nitrogens with one attached hydrogen (secondary N) is 1. The van der Waals surface area contributed by atoms with Crippen LogP contribution in [-0.4, -0.2) is 77.1 Å². The Hall–Kier alpha value is -3.47. The lowest BCUT2D eigenvalue weighted by molar-refractivity contribution is 0.171. The van der Waals surface area contributed by atoms with Crippen molar-refractivity contribution in [3.8, 4) is 5.75 Å². The number of hydrogen-bond donors (Lipinski definition) is 1. The standard InChI is InChI=1S/C26H30ClN7O3/c1-17-4-6-19(27)15-23(17)32-8-10-33(11-9-32)24(25-29-30-31-34(25)12-13-36-2)21-14-18-5-7-20(37-3)16-22(18)28-26(21)35/h4-7,14-16,24H,8-13H2,1-3H3,(H,28,35)/t24-/m0/s1. The minimum absolute atomic E-state index is 0.180. The summed E-state index contributed by atoms with van der Waals surface area (Å²) >= 11 is 6.29. The molecule has 0 radical (unpaired) electrons. The predicted molar refractivity (Wildman–Crippen MR) is 143 cm³/mol. The Labute approximate surface area is 219 Å². The van der Waals surface area contributed by atoms with Crippen molar-refractivity contribution in [2.24, 2.45) is 0 Å². The number of aromatic amines is 1. The number of hydrogen-bond acceptors (Lipinski definition) is 8. The van der Waals surface area contributed by atoms with Gasteiger partial charge in [0.25, 0.3) is 5.56 Å². The van der Waals surface area contributed by atoms with Gasteiger partial charge in [0.05, 0.1) is 25.8 Å². The molecule has 0 unspecified atom stereocenters. The zero-order chi connectivity index (χ0) is 25.9. The lowest BCUT2D eigenvalue weighted by atomic mass is 10.0. The maximum atomic E-state index is 13.5. The smallest absolute Gasteiger partial charge is 0.253 e. The van der Waals surface area contributed by atoms with Crippen molar-refractivity contribution in [3.63, 3.8) is 0 Å². The largest absolute Gasteiger partial charge is 0.497 e. The molecule has 1 saturated heterocycles. The fourth-order valence-electron chi connectivity index (χ4n) is 4.91.